The highest BCUT2D eigenvalue weighted by molar-refractivity contribution is 5.83. The van der Waals surface area contributed by atoms with Gasteiger partial charge in [-0.3, -0.25) is 9.59 Å². The molecule has 2 amide bonds. The molecular weight excluding hydrogens is 292 g/mol. The molecule has 0 aromatic heterocycles. The van der Waals surface area contributed by atoms with Gasteiger partial charge in [-0.25, -0.2) is 0 Å². The van der Waals surface area contributed by atoms with Crippen LogP contribution < -0.4 is 5.32 Å². The second-order valence-corrected chi connectivity index (χ2v) is 6.43. The van der Waals surface area contributed by atoms with Gasteiger partial charge in [0, 0.05) is 24.8 Å². The zero-order valence-corrected chi connectivity index (χ0v) is 13.4. The molecule has 1 heterocycles. The molecule has 1 aromatic rings. The van der Waals surface area contributed by atoms with Gasteiger partial charge in [-0.15, -0.1) is 0 Å². The van der Waals surface area contributed by atoms with Crippen molar-refractivity contribution in [2.24, 2.45) is 5.92 Å². The first kappa shape index (κ1) is 16.0. The molecule has 1 aromatic carbocycles. The van der Waals surface area contributed by atoms with Crippen LogP contribution in [0.25, 0.3) is 0 Å². The van der Waals surface area contributed by atoms with E-state index in [1.807, 2.05) is 42.2 Å². The zero-order valence-electron chi connectivity index (χ0n) is 13.4. The molecule has 0 unspecified atom stereocenters. The standard InChI is InChI=1S/C18H24N2O3/c1-2-16(22)19-10-14-17(12-6-4-3-5-7-12)15(11-21)20(14)18(23)13-8-9-13/h3-7,13-15,17,21H,2,8-11H2,1H3,(H,19,22)/t14-,15+,17+/m0/s1. The Balaban J connectivity index is 1.80. The topological polar surface area (TPSA) is 69.6 Å². The van der Waals surface area contributed by atoms with Gasteiger partial charge in [0.05, 0.1) is 18.7 Å². The maximum absolute atomic E-state index is 12.6. The van der Waals surface area contributed by atoms with Gasteiger partial charge in [-0.05, 0) is 18.4 Å². The predicted molar refractivity (Wildman–Crippen MR) is 86.7 cm³/mol. The van der Waals surface area contributed by atoms with Crippen LogP contribution in [0.5, 0.6) is 0 Å². The molecular formula is C18H24N2O3. The number of likely N-dealkylation sites (tertiary alicyclic amines) is 1. The third kappa shape index (κ3) is 3.11. The van der Waals surface area contributed by atoms with E-state index in [9.17, 15) is 14.7 Å². The molecule has 124 valence electrons. The van der Waals surface area contributed by atoms with Crippen molar-refractivity contribution in [3.05, 3.63) is 35.9 Å². The molecule has 2 N–H and O–H groups in total. The molecule has 1 saturated carbocycles. The van der Waals surface area contributed by atoms with E-state index >= 15 is 0 Å². The predicted octanol–water partition coefficient (Wildman–Crippen LogP) is 1.28. The monoisotopic (exact) mass is 316 g/mol. The molecule has 1 saturated heterocycles. The Morgan fingerprint density at radius 2 is 1.91 bits per heavy atom. The first-order valence-electron chi connectivity index (χ1n) is 8.42. The van der Waals surface area contributed by atoms with Crippen LogP contribution in [0.3, 0.4) is 0 Å². The highest BCUT2D eigenvalue weighted by atomic mass is 16.3. The summed E-state index contributed by atoms with van der Waals surface area (Å²) in [5, 5.41) is 12.7. The maximum atomic E-state index is 12.6. The number of aliphatic hydroxyl groups is 1. The van der Waals surface area contributed by atoms with Crippen LogP contribution in [0.15, 0.2) is 30.3 Å². The van der Waals surface area contributed by atoms with Gasteiger partial charge in [0.1, 0.15) is 0 Å². The Labute approximate surface area is 136 Å². The summed E-state index contributed by atoms with van der Waals surface area (Å²) in [5.41, 5.74) is 1.11. The van der Waals surface area contributed by atoms with Crippen LogP contribution in [0.2, 0.25) is 0 Å². The van der Waals surface area contributed by atoms with E-state index in [-0.39, 0.29) is 42.3 Å². The molecule has 5 nitrogen and oxygen atoms in total. The highest BCUT2D eigenvalue weighted by Gasteiger charge is 2.53. The summed E-state index contributed by atoms with van der Waals surface area (Å²) >= 11 is 0. The largest absolute Gasteiger partial charge is 0.394 e. The van der Waals surface area contributed by atoms with Crippen molar-refractivity contribution in [1.82, 2.24) is 10.2 Å². The lowest BCUT2D eigenvalue weighted by Crippen LogP contribution is -2.68. The summed E-state index contributed by atoms with van der Waals surface area (Å²) < 4.78 is 0. The Morgan fingerprint density at radius 1 is 1.22 bits per heavy atom. The first-order chi connectivity index (χ1) is 11.2. The minimum Gasteiger partial charge on any atom is -0.394 e. The molecule has 2 fully saturated rings. The normalized spacial score (nSPS) is 26.5. The second kappa shape index (κ2) is 6.71. The van der Waals surface area contributed by atoms with E-state index in [1.165, 1.54) is 0 Å². The van der Waals surface area contributed by atoms with Crippen molar-refractivity contribution < 1.29 is 14.7 Å². The van der Waals surface area contributed by atoms with E-state index in [2.05, 4.69) is 5.32 Å². The fourth-order valence-corrected chi connectivity index (χ4v) is 3.50. The lowest BCUT2D eigenvalue weighted by atomic mass is 9.74. The van der Waals surface area contributed by atoms with Crippen molar-refractivity contribution in [3.63, 3.8) is 0 Å². The van der Waals surface area contributed by atoms with Gasteiger partial charge >= 0.3 is 0 Å². The highest BCUT2D eigenvalue weighted by Crippen LogP contribution is 2.44. The molecule has 0 radical (unpaired) electrons. The zero-order chi connectivity index (χ0) is 16.4. The van der Waals surface area contributed by atoms with Crippen molar-refractivity contribution in [3.8, 4) is 0 Å². The molecule has 2 aliphatic rings. The van der Waals surface area contributed by atoms with E-state index in [0.717, 1.165) is 18.4 Å². The van der Waals surface area contributed by atoms with Crippen molar-refractivity contribution in [1.29, 1.82) is 0 Å². The van der Waals surface area contributed by atoms with Crippen molar-refractivity contribution >= 4 is 11.8 Å². The molecule has 1 aliphatic heterocycles. The number of carbonyl (C=O) groups is 2. The Bertz CT molecular complexity index is 571. The fourth-order valence-electron chi connectivity index (χ4n) is 3.50. The van der Waals surface area contributed by atoms with E-state index in [0.29, 0.717) is 13.0 Å². The smallest absolute Gasteiger partial charge is 0.226 e. The number of nitrogens with zero attached hydrogens (tertiary/aromatic N) is 1. The Hall–Kier alpha value is -1.88. The molecule has 3 atom stereocenters. The van der Waals surface area contributed by atoms with Crippen LogP contribution in [-0.2, 0) is 9.59 Å². The number of rotatable bonds is 6. The van der Waals surface area contributed by atoms with Gasteiger partial charge in [0.15, 0.2) is 0 Å². The van der Waals surface area contributed by atoms with Crippen LogP contribution >= 0.6 is 0 Å². The van der Waals surface area contributed by atoms with Crippen molar-refractivity contribution in [2.75, 3.05) is 13.2 Å². The third-order valence-corrected chi connectivity index (χ3v) is 4.93. The SMILES string of the molecule is CCC(=O)NC[C@H]1[C@@H](c2ccccc2)[C@@H](CO)N1C(=O)C1CC1. The second-order valence-electron chi connectivity index (χ2n) is 6.43. The summed E-state index contributed by atoms with van der Waals surface area (Å²) in [6, 6.07) is 9.69. The van der Waals surface area contributed by atoms with E-state index in [1.54, 1.807) is 0 Å². The number of aliphatic hydroxyl groups excluding tert-OH is 1. The van der Waals surface area contributed by atoms with E-state index < -0.39 is 0 Å². The first-order valence-corrected chi connectivity index (χ1v) is 8.42. The van der Waals surface area contributed by atoms with E-state index in [4.69, 9.17) is 0 Å². The number of carbonyl (C=O) groups excluding carboxylic acids is 2. The van der Waals surface area contributed by atoms with Gasteiger partial charge in [0.25, 0.3) is 0 Å². The van der Waals surface area contributed by atoms with Gasteiger partial charge < -0.3 is 15.3 Å². The fraction of sp³-hybridized carbons (Fsp3) is 0.556. The van der Waals surface area contributed by atoms with Crippen LogP contribution in [0, 0.1) is 5.92 Å². The van der Waals surface area contributed by atoms with Gasteiger partial charge in [-0.1, -0.05) is 37.3 Å². The van der Waals surface area contributed by atoms with Crippen LogP contribution in [0.4, 0.5) is 0 Å². The number of benzene rings is 1. The summed E-state index contributed by atoms with van der Waals surface area (Å²) in [6.07, 6.45) is 2.32. The summed E-state index contributed by atoms with van der Waals surface area (Å²) in [5.74, 6) is 0.307. The lowest BCUT2D eigenvalue weighted by Gasteiger charge is -2.55. The van der Waals surface area contributed by atoms with Crippen LogP contribution in [0.1, 0.15) is 37.7 Å². The number of amides is 2. The Morgan fingerprint density at radius 3 is 2.48 bits per heavy atom. The third-order valence-electron chi connectivity index (χ3n) is 4.93. The molecule has 1 aliphatic carbocycles. The number of nitrogens with one attached hydrogen (secondary N) is 1. The minimum absolute atomic E-state index is 0.0110. The van der Waals surface area contributed by atoms with Crippen molar-refractivity contribution in [2.45, 2.75) is 44.2 Å². The summed E-state index contributed by atoms with van der Waals surface area (Å²) in [4.78, 5) is 26.0. The quantitative estimate of drug-likeness (QED) is 0.830. The molecule has 0 spiro atoms. The average molecular weight is 316 g/mol. The van der Waals surface area contributed by atoms with Crippen LogP contribution in [-0.4, -0.2) is 47.1 Å². The van der Waals surface area contributed by atoms with Gasteiger partial charge in [-0.2, -0.15) is 0 Å². The molecule has 23 heavy (non-hydrogen) atoms. The Kier molecular flexibility index (Phi) is 4.66. The van der Waals surface area contributed by atoms with Gasteiger partial charge in [0.2, 0.25) is 11.8 Å². The minimum atomic E-state index is -0.186. The summed E-state index contributed by atoms with van der Waals surface area (Å²) in [6.45, 7) is 2.21. The molecule has 3 rings (SSSR count). The average Bonchev–Trinajstić information content (AvgIpc) is 3.39. The number of hydrogen-bond donors (Lipinski definition) is 2. The lowest BCUT2D eigenvalue weighted by molar-refractivity contribution is -0.152. The maximum Gasteiger partial charge on any atom is 0.226 e. The number of hydrogen-bond acceptors (Lipinski definition) is 3. The molecule has 5 heteroatoms. The molecule has 0 bridgehead atoms. The summed E-state index contributed by atoms with van der Waals surface area (Å²) in [7, 11) is 0.